The molecule has 4 rings (SSSR count). The van der Waals surface area contributed by atoms with Crippen molar-refractivity contribution in [3.05, 3.63) is 60.7 Å². The molecule has 1 aromatic carbocycles. The van der Waals surface area contributed by atoms with E-state index in [1.165, 1.54) is 6.33 Å². The van der Waals surface area contributed by atoms with E-state index in [9.17, 15) is 4.79 Å². The topological polar surface area (TPSA) is 92.9 Å². The molecule has 0 spiro atoms. The van der Waals surface area contributed by atoms with Crippen molar-refractivity contribution >= 4 is 11.9 Å². The molecule has 0 aliphatic carbocycles. The minimum absolute atomic E-state index is 0.0276. The second-order valence-corrected chi connectivity index (χ2v) is 6.36. The van der Waals surface area contributed by atoms with Gasteiger partial charge in [-0.3, -0.25) is 4.79 Å². The number of piperazine rings is 1. The number of rotatable bonds is 5. The molecule has 3 aromatic rings. The van der Waals surface area contributed by atoms with Crippen LogP contribution in [0.5, 0.6) is 0 Å². The lowest BCUT2D eigenvalue weighted by molar-refractivity contribution is -0.135. The van der Waals surface area contributed by atoms with Gasteiger partial charge in [0.2, 0.25) is 11.9 Å². The first-order valence-electron chi connectivity index (χ1n) is 8.88. The van der Waals surface area contributed by atoms with Crippen LogP contribution in [0, 0.1) is 0 Å². The van der Waals surface area contributed by atoms with Crippen molar-refractivity contribution in [3.8, 4) is 0 Å². The molecule has 1 aliphatic rings. The van der Waals surface area contributed by atoms with Crippen LogP contribution < -0.4 is 4.90 Å². The number of amides is 1. The second-order valence-electron chi connectivity index (χ2n) is 6.36. The highest BCUT2D eigenvalue weighted by atomic mass is 16.2. The van der Waals surface area contributed by atoms with E-state index in [1.807, 2.05) is 35.2 Å². The minimum Gasteiger partial charge on any atom is -0.337 e. The van der Waals surface area contributed by atoms with E-state index in [2.05, 4.69) is 30.4 Å². The van der Waals surface area contributed by atoms with Crippen molar-refractivity contribution in [2.24, 2.45) is 0 Å². The van der Waals surface area contributed by atoms with Gasteiger partial charge in [-0.05, 0) is 22.1 Å². The fourth-order valence-corrected chi connectivity index (χ4v) is 3.23. The largest absolute Gasteiger partial charge is 0.337 e. The van der Waals surface area contributed by atoms with Gasteiger partial charge in [0.15, 0.2) is 0 Å². The monoisotopic (exact) mass is 364 g/mol. The van der Waals surface area contributed by atoms with E-state index in [-0.39, 0.29) is 5.91 Å². The van der Waals surface area contributed by atoms with E-state index < -0.39 is 6.04 Å². The highest BCUT2D eigenvalue weighted by Crippen LogP contribution is 2.18. The maximum atomic E-state index is 13.2. The second kappa shape index (κ2) is 7.90. The van der Waals surface area contributed by atoms with Gasteiger partial charge in [0, 0.05) is 45.0 Å². The first-order valence-corrected chi connectivity index (χ1v) is 8.88. The third kappa shape index (κ3) is 3.91. The number of carbonyl (C=O) groups excluding carboxylic acids is 1. The summed E-state index contributed by atoms with van der Waals surface area (Å²) in [4.78, 5) is 25.7. The van der Waals surface area contributed by atoms with Crippen molar-refractivity contribution < 1.29 is 4.79 Å². The molecule has 27 heavy (non-hydrogen) atoms. The Morgan fingerprint density at radius 3 is 2.41 bits per heavy atom. The van der Waals surface area contributed by atoms with E-state index in [1.54, 1.807) is 23.1 Å². The quantitative estimate of drug-likeness (QED) is 0.654. The predicted octanol–water partition coefficient (Wildman–Crippen LogP) is 0.596. The Balaban J connectivity index is 1.46. The highest BCUT2D eigenvalue weighted by Gasteiger charge is 2.30. The smallest absolute Gasteiger partial charge is 0.248 e. The van der Waals surface area contributed by atoms with Gasteiger partial charge < -0.3 is 9.80 Å². The van der Waals surface area contributed by atoms with E-state index in [0.29, 0.717) is 38.5 Å². The zero-order valence-electron chi connectivity index (χ0n) is 14.8. The summed E-state index contributed by atoms with van der Waals surface area (Å²) in [6.45, 7) is 2.63. The number of hydrogen-bond donors (Lipinski definition) is 0. The van der Waals surface area contributed by atoms with Crippen LogP contribution in [-0.4, -0.2) is 67.2 Å². The van der Waals surface area contributed by atoms with Gasteiger partial charge in [-0.15, -0.1) is 5.10 Å². The molecule has 9 heteroatoms. The number of aromatic nitrogens is 6. The number of nitrogens with zero attached hydrogens (tertiary/aromatic N) is 8. The standard InChI is InChI=1S/C18H20N8O/c27-17(24-9-11-25(12-10-24)18-19-7-4-8-20-18)16(26-14-21-22-23-26)13-15-5-2-1-3-6-15/h1-8,14,16H,9-13H2/t16-/m1/s1. The van der Waals surface area contributed by atoms with Gasteiger partial charge in [0.05, 0.1) is 0 Å². The predicted molar refractivity (Wildman–Crippen MR) is 97.8 cm³/mol. The summed E-state index contributed by atoms with van der Waals surface area (Å²) >= 11 is 0. The molecule has 0 N–H and O–H groups in total. The normalized spacial score (nSPS) is 15.6. The third-order valence-electron chi connectivity index (χ3n) is 4.67. The Morgan fingerprint density at radius 1 is 1.00 bits per heavy atom. The van der Waals surface area contributed by atoms with Crippen LogP contribution in [-0.2, 0) is 11.2 Å². The Kier molecular flexibility index (Phi) is 4.99. The molecule has 2 aromatic heterocycles. The molecule has 1 aliphatic heterocycles. The maximum absolute atomic E-state index is 13.2. The van der Waals surface area contributed by atoms with Crippen molar-refractivity contribution in [3.63, 3.8) is 0 Å². The average molecular weight is 364 g/mol. The molecule has 1 amide bonds. The summed E-state index contributed by atoms with van der Waals surface area (Å²) in [7, 11) is 0. The Labute approximate surface area is 156 Å². The van der Waals surface area contributed by atoms with Gasteiger partial charge in [-0.25, -0.2) is 14.6 Å². The number of carbonyl (C=O) groups is 1. The van der Waals surface area contributed by atoms with Gasteiger partial charge in [0.1, 0.15) is 12.4 Å². The molecule has 9 nitrogen and oxygen atoms in total. The SMILES string of the molecule is O=C([C@@H](Cc1ccccc1)n1cnnn1)N1CCN(c2ncccn2)CC1. The Bertz CT molecular complexity index is 848. The Hall–Kier alpha value is -3.36. The molecule has 138 valence electrons. The first kappa shape index (κ1) is 17.1. The number of benzene rings is 1. The van der Waals surface area contributed by atoms with Crippen molar-refractivity contribution in [2.75, 3.05) is 31.1 Å². The summed E-state index contributed by atoms with van der Waals surface area (Å²) in [5.41, 5.74) is 1.07. The van der Waals surface area contributed by atoms with Crippen LogP contribution in [0.25, 0.3) is 0 Å². The van der Waals surface area contributed by atoms with Crippen LogP contribution in [0.1, 0.15) is 11.6 Å². The molecule has 1 fully saturated rings. The lowest BCUT2D eigenvalue weighted by Gasteiger charge is -2.36. The zero-order chi connectivity index (χ0) is 18.5. The summed E-state index contributed by atoms with van der Waals surface area (Å²) in [6.07, 6.45) is 5.51. The summed E-state index contributed by atoms with van der Waals surface area (Å²) in [6, 6.07) is 11.3. The molecule has 1 saturated heterocycles. The lowest BCUT2D eigenvalue weighted by atomic mass is 10.0. The molecular weight excluding hydrogens is 344 g/mol. The number of anilines is 1. The van der Waals surface area contributed by atoms with Crippen LogP contribution in [0.4, 0.5) is 5.95 Å². The summed E-state index contributed by atoms with van der Waals surface area (Å²) < 4.78 is 1.54. The molecule has 0 saturated carbocycles. The first-order chi connectivity index (χ1) is 13.3. The van der Waals surface area contributed by atoms with Crippen LogP contribution >= 0.6 is 0 Å². The summed E-state index contributed by atoms with van der Waals surface area (Å²) in [5, 5.41) is 11.4. The molecule has 0 unspecified atom stereocenters. The van der Waals surface area contributed by atoms with E-state index in [4.69, 9.17) is 0 Å². The van der Waals surface area contributed by atoms with Gasteiger partial charge in [-0.2, -0.15) is 0 Å². The molecule has 3 heterocycles. The van der Waals surface area contributed by atoms with Gasteiger partial charge >= 0.3 is 0 Å². The average Bonchev–Trinajstić information content (AvgIpc) is 3.28. The third-order valence-corrected chi connectivity index (χ3v) is 4.67. The highest BCUT2D eigenvalue weighted by molar-refractivity contribution is 5.81. The number of hydrogen-bond acceptors (Lipinski definition) is 7. The molecule has 0 radical (unpaired) electrons. The fraction of sp³-hybridized carbons (Fsp3) is 0.333. The van der Waals surface area contributed by atoms with Gasteiger partial charge in [0.25, 0.3) is 0 Å². The number of tetrazole rings is 1. The zero-order valence-corrected chi connectivity index (χ0v) is 14.8. The minimum atomic E-state index is -0.457. The Morgan fingerprint density at radius 2 is 1.74 bits per heavy atom. The van der Waals surface area contributed by atoms with Crippen molar-refractivity contribution in [1.29, 1.82) is 0 Å². The van der Waals surface area contributed by atoms with Gasteiger partial charge in [-0.1, -0.05) is 30.3 Å². The van der Waals surface area contributed by atoms with E-state index >= 15 is 0 Å². The van der Waals surface area contributed by atoms with Crippen LogP contribution in [0.3, 0.4) is 0 Å². The maximum Gasteiger partial charge on any atom is 0.248 e. The van der Waals surface area contributed by atoms with Crippen molar-refractivity contribution in [2.45, 2.75) is 12.5 Å². The van der Waals surface area contributed by atoms with E-state index in [0.717, 1.165) is 5.56 Å². The van der Waals surface area contributed by atoms with Crippen molar-refractivity contribution in [1.82, 2.24) is 35.1 Å². The molecule has 0 bridgehead atoms. The van der Waals surface area contributed by atoms with Crippen LogP contribution in [0.15, 0.2) is 55.1 Å². The lowest BCUT2D eigenvalue weighted by Crippen LogP contribution is -2.51. The molecular formula is C18H20N8O. The summed E-state index contributed by atoms with van der Waals surface area (Å²) in [5.74, 6) is 0.727. The van der Waals surface area contributed by atoms with Crippen LogP contribution in [0.2, 0.25) is 0 Å². The fourth-order valence-electron chi connectivity index (χ4n) is 3.23. The molecule has 1 atom stereocenters.